The van der Waals surface area contributed by atoms with Crippen molar-refractivity contribution in [1.29, 1.82) is 0 Å². The highest BCUT2D eigenvalue weighted by Gasteiger charge is 2.35. The van der Waals surface area contributed by atoms with Crippen LogP contribution in [0, 0.1) is 0 Å². The number of hydrogen-bond acceptors (Lipinski definition) is 3. The van der Waals surface area contributed by atoms with Gasteiger partial charge in [0.15, 0.2) is 0 Å². The second-order valence-electron chi connectivity index (χ2n) is 7.31. The first-order valence-corrected chi connectivity index (χ1v) is 9.47. The molecule has 1 aliphatic heterocycles. The maximum Gasteiger partial charge on any atom is 0.334 e. The maximum absolute atomic E-state index is 13.4. The summed E-state index contributed by atoms with van der Waals surface area (Å²) in [4.78, 5) is 19.7. The quantitative estimate of drug-likeness (QED) is 0.712. The third-order valence-corrected chi connectivity index (χ3v) is 5.71. The summed E-state index contributed by atoms with van der Waals surface area (Å²) in [5.41, 5.74) is 5.20. The van der Waals surface area contributed by atoms with E-state index >= 15 is 0 Å². The van der Waals surface area contributed by atoms with E-state index in [1.807, 2.05) is 35.2 Å². The molecule has 3 aromatic rings. The van der Waals surface area contributed by atoms with Gasteiger partial charge in [-0.15, -0.1) is 0 Å². The van der Waals surface area contributed by atoms with Crippen LogP contribution in [-0.4, -0.2) is 27.2 Å². The van der Waals surface area contributed by atoms with Gasteiger partial charge in [-0.3, -0.25) is 9.47 Å². The number of aryl methyl sites for hydroxylation is 1. The maximum atomic E-state index is 13.4. The van der Waals surface area contributed by atoms with E-state index in [-0.39, 0.29) is 17.7 Å². The molecule has 0 radical (unpaired) electrons. The predicted molar refractivity (Wildman–Crippen MR) is 103 cm³/mol. The van der Waals surface area contributed by atoms with Crippen LogP contribution in [0.2, 0.25) is 0 Å². The van der Waals surface area contributed by atoms with Gasteiger partial charge in [-0.05, 0) is 55.0 Å². The van der Waals surface area contributed by atoms with E-state index in [2.05, 4.69) is 11.1 Å². The molecule has 5 rings (SSSR count). The Hall–Kier alpha value is -3.08. The zero-order chi connectivity index (χ0) is 18.4. The Balaban J connectivity index is 1.54. The van der Waals surface area contributed by atoms with E-state index in [1.165, 1.54) is 0 Å². The molecule has 1 amide bonds. The van der Waals surface area contributed by atoms with Crippen molar-refractivity contribution in [2.24, 2.45) is 0 Å². The molecule has 136 valence electrons. The Morgan fingerprint density at radius 1 is 1.07 bits per heavy atom. The molecule has 0 saturated heterocycles. The van der Waals surface area contributed by atoms with Crippen LogP contribution < -0.4 is 4.90 Å². The summed E-state index contributed by atoms with van der Waals surface area (Å²) in [5.74, 6) is 0.301. The lowest BCUT2D eigenvalue weighted by Crippen LogP contribution is -2.34. The highest BCUT2D eigenvalue weighted by atomic mass is 16.3. The number of anilines is 1. The Kier molecular flexibility index (Phi) is 3.74. The molecule has 1 aromatic heterocycles. The van der Waals surface area contributed by atoms with Crippen molar-refractivity contribution in [3.05, 3.63) is 77.4 Å². The van der Waals surface area contributed by atoms with Gasteiger partial charge in [0.05, 0.1) is 11.4 Å². The summed E-state index contributed by atoms with van der Waals surface area (Å²) in [6.07, 6.45) is 5.80. The average Bonchev–Trinajstić information content (AvgIpc) is 3.30. The van der Waals surface area contributed by atoms with Crippen molar-refractivity contribution < 1.29 is 9.90 Å². The van der Waals surface area contributed by atoms with Crippen LogP contribution >= 0.6 is 0 Å². The number of rotatable bonds is 1. The SMILES string of the molecule is O=C(N1CC(c2cccc(O)c2)c2ccccc21)n1cnc2c1CCCC2. The molecule has 27 heavy (non-hydrogen) atoms. The third kappa shape index (κ3) is 2.62. The number of carbonyl (C=O) groups excluding carboxylic acids is 1. The van der Waals surface area contributed by atoms with Gasteiger partial charge in [0, 0.05) is 18.2 Å². The van der Waals surface area contributed by atoms with Crippen LogP contribution in [0.1, 0.15) is 41.3 Å². The molecule has 0 spiro atoms. The van der Waals surface area contributed by atoms with Crippen LogP contribution in [0.3, 0.4) is 0 Å². The number of aromatic hydroxyl groups is 1. The minimum atomic E-state index is -0.0410. The predicted octanol–water partition coefficient (Wildman–Crippen LogP) is 4.09. The van der Waals surface area contributed by atoms with Crippen LogP contribution in [0.25, 0.3) is 0 Å². The van der Waals surface area contributed by atoms with Crippen molar-refractivity contribution in [3.63, 3.8) is 0 Å². The first kappa shape index (κ1) is 16.1. The second kappa shape index (κ2) is 6.27. The standard InChI is InChI=1S/C22H21N3O2/c26-16-7-5-6-15(12-16)18-13-24(20-10-3-1-8-17(18)20)22(27)25-14-23-19-9-2-4-11-21(19)25/h1,3,5-8,10,12,14,18,26H,2,4,9,11,13H2. The molecule has 1 N–H and O–H groups in total. The summed E-state index contributed by atoms with van der Waals surface area (Å²) in [5, 5.41) is 9.89. The van der Waals surface area contributed by atoms with Gasteiger partial charge in [0.1, 0.15) is 12.1 Å². The molecule has 2 heterocycles. The van der Waals surface area contributed by atoms with Crippen molar-refractivity contribution >= 4 is 11.7 Å². The van der Waals surface area contributed by atoms with Crippen LogP contribution in [0.5, 0.6) is 5.75 Å². The number of phenolic OH excluding ortho intramolecular Hbond substituents is 1. The lowest BCUT2D eigenvalue weighted by atomic mass is 9.93. The number of para-hydroxylation sites is 1. The number of imidazole rings is 1. The summed E-state index contributed by atoms with van der Waals surface area (Å²) in [6.45, 7) is 0.564. The Morgan fingerprint density at radius 3 is 2.81 bits per heavy atom. The number of carbonyl (C=O) groups is 1. The van der Waals surface area contributed by atoms with E-state index in [0.29, 0.717) is 6.54 Å². The van der Waals surface area contributed by atoms with E-state index in [1.54, 1.807) is 23.0 Å². The second-order valence-corrected chi connectivity index (χ2v) is 7.31. The zero-order valence-electron chi connectivity index (χ0n) is 15.0. The molecule has 0 saturated carbocycles. The van der Waals surface area contributed by atoms with Crippen LogP contribution in [-0.2, 0) is 12.8 Å². The lowest BCUT2D eigenvalue weighted by molar-refractivity contribution is 0.247. The molecular weight excluding hydrogens is 338 g/mol. The van der Waals surface area contributed by atoms with Crippen LogP contribution in [0.15, 0.2) is 54.9 Å². The Bertz CT molecular complexity index is 1020. The van der Waals surface area contributed by atoms with Crippen molar-refractivity contribution in [2.75, 3.05) is 11.4 Å². The molecular formula is C22H21N3O2. The molecule has 2 aliphatic rings. The van der Waals surface area contributed by atoms with E-state index in [0.717, 1.165) is 53.9 Å². The molecule has 1 unspecified atom stereocenters. The average molecular weight is 359 g/mol. The topological polar surface area (TPSA) is 58.4 Å². The first-order valence-electron chi connectivity index (χ1n) is 9.47. The number of benzene rings is 2. The number of nitrogens with zero attached hydrogens (tertiary/aromatic N) is 3. The summed E-state index contributed by atoms with van der Waals surface area (Å²) >= 11 is 0. The fourth-order valence-corrected chi connectivity index (χ4v) is 4.38. The van der Waals surface area contributed by atoms with Gasteiger partial charge in [-0.1, -0.05) is 30.3 Å². The number of aromatic nitrogens is 2. The van der Waals surface area contributed by atoms with Gasteiger partial charge < -0.3 is 5.11 Å². The largest absolute Gasteiger partial charge is 0.508 e. The van der Waals surface area contributed by atoms with Gasteiger partial charge in [-0.2, -0.15) is 0 Å². The fourth-order valence-electron chi connectivity index (χ4n) is 4.38. The molecule has 0 bridgehead atoms. The Morgan fingerprint density at radius 2 is 1.93 bits per heavy atom. The van der Waals surface area contributed by atoms with Crippen LogP contribution in [0.4, 0.5) is 10.5 Å². The number of phenols is 1. The van der Waals surface area contributed by atoms with E-state index in [4.69, 9.17) is 0 Å². The summed E-state index contributed by atoms with van der Waals surface area (Å²) < 4.78 is 1.73. The fraction of sp³-hybridized carbons (Fsp3) is 0.273. The number of fused-ring (bicyclic) bond motifs is 2. The molecule has 2 aromatic carbocycles. The van der Waals surface area contributed by atoms with Crippen molar-refractivity contribution in [2.45, 2.75) is 31.6 Å². The minimum absolute atomic E-state index is 0.0410. The van der Waals surface area contributed by atoms with Gasteiger partial charge in [0.25, 0.3) is 0 Å². The highest BCUT2D eigenvalue weighted by molar-refractivity contribution is 5.97. The molecule has 0 fully saturated rings. The zero-order valence-corrected chi connectivity index (χ0v) is 15.0. The monoisotopic (exact) mass is 359 g/mol. The molecule has 5 nitrogen and oxygen atoms in total. The highest BCUT2D eigenvalue weighted by Crippen LogP contribution is 2.41. The van der Waals surface area contributed by atoms with Gasteiger partial charge in [0.2, 0.25) is 0 Å². The molecule has 1 aliphatic carbocycles. The van der Waals surface area contributed by atoms with Gasteiger partial charge in [-0.25, -0.2) is 9.78 Å². The minimum Gasteiger partial charge on any atom is -0.508 e. The normalized spacial score (nSPS) is 18.2. The molecule has 5 heteroatoms. The van der Waals surface area contributed by atoms with E-state index < -0.39 is 0 Å². The van der Waals surface area contributed by atoms with Gasteiger partial charge >= 0.3 is 6.03 Å². The summed E-state index contributed by atoms with van der Waals surface area (Å²) in [6, 6.07) is 15.3. The Labute approximate surface area is 157 Å². The van der Waals surface area contributed by atoms with E-state index in [9.17, 15) is 9.90 Å². The number of hydrogen-bond donors (Lipinski definition) is 1. The van der Waals surface area contributed by atoms with Crippen molar-refractivity contribution in [3.8, 4) is 5.75 Å². The number of amides is 1. The molecule has 1 atom stereocenters. The summed E-state index contributed by atoms with van der Waals surface area (Å²) in [7, 11) is 0. The smallest absolute Gasteiger partial charge is 0.334 e. The lowest BCUT2D eigenvalue weighted by Gasteiger charge is -2.21. The third-order valence-electron chi connectivity index (χ3n) is 5.71. The first-order chi connectivity index (χ1) is 13.2. The van der Waals surface area contributed by atoms with Crippen molar-refractivity contribution in [1.82, 2.24) is 9.55 Å².